The summed E-state index contributed by atoms with van der Waals surface area (Å²) in [5.41, 5.74) is 0.191. The SMILES string of the molecule is COCCNc1oc(COc2cccc(Cl)c2)nc1C#N. The number of halogens is 1. The van der Waals surface area contributed by atoms with Crippen LogP contribution in [0.4, 0.5) is 5.88 Å². The van der Waals surface area contributed by atoms with Gasteiger partial charge in [-0.3, -0.25) is 0 Å². The zero-order valence-corrected chi connectivity index (χ0v) is 12.2. The number of nitrogens with one attached hydrogen (secondary N) is 1. The summed E-state index contributed by atoms with van der Waals surface area (Å²) in [4.78, 5) is 4.06. The summed E-state index contributed by atoms with van der Waals surface area (Å²) in [5, 5.41) is 12.5. The van der Waals surface area contributed by atoms with Gasteiger partial charge < -0.3 is 19.2 Å². The third-order valence-corrected chi connectivity index (χ3v) is 2.76. The molecule has 1 aromatic heterocycles. The van der Waals surface area contributed by atoms with Crippen molar-refractivity contribution in [3.63, 3.8) is 0 Å². The van der Waals surface area contributed by atoms with E-state index in [1.807, 2.05) is 6.07 Å². The Balaban J connectivity index is 1.99. The van der Waals surface area contributed by atoms with Gasteiger partial charge in [-0.2, -0.15) is 10.2 Å². The van der Waals surface area contributed by atoms with E-state index in [1.54, 1.807) is 31.4 Å². The fourth-order valence-electron chi connectivity index (χ4n) is 1.59. The Labute approximate surface area is 127 Å². The van der Waals surface area contributed by atoms with Crippen LogP contribution in [0.3, 0.4) is 0 Å². The van der Waals surface area contributed by atoms with Crippen LogP contribution < -0.4 is 10.1 Å². The highest BCUT2D eigenvalue weighted by Gasteiger charge is 2.13. The van der Waals surface area contributed by atoms with Crippen molar-refractivity contribution in [2.45, 2.75) is 6.61 Å². The summed E-state index contributed by atoms with van der Waals surface area (Å²) in [6.45, 7) is 1.13. The molecule has 0 fully saturated rings. The number of nitrogens with zero attached hydrogens (tertiary/aromatic N) is 2. The number of nitriles is 1. The van der Waals surface area contributed by atoms with Crippen molar-refractivity contribution in [2.75, 3.05) is 25.6 Å². The third-order valence-electron chi connectivity index (χ3n) is 2.53. The zero-order chi connectivity index (χ0) is 15.1. The van der Waals surface area contributed by atoms with Crippen molar-refractivity contribution in [3.05, 3.63) is 40.9 Å². The number of ether oxygens (including phenoxy) is 2. The topological polar surface area (TPSA) is 80.3 Å². The minimum absolute atomic E-state index is 0.112. The Morgan fingerprint density at radius 3 is 3.05 bits per heavy atom. The standard InChI is InChI=1S/C14H14ClN3O3/c1-19-6-5-17-14-12(8-16)18-13(21-14)9-20-11-4-2-3-10(15)7-11/h2-4,7,17H,5-6,9H2,1H3. The van der Waals surface area contributed by atoms with Crippen molar-refractivity contribution in [2.24, 2.45) is 0 Å². The van der Waals surface area contributed by atoms with Crippen LogP contribution in [0.15, 0.2) is 28.7 Å². The highest BCUT2D eigenvalue weighted by atomic mass is 35.5. The first-order valence-electron chi connectivity index (χ1n) is 6.24. The molecular formula is C14H14ClN3O3. The van der Waals surface area contributed by atoms with Crippen LogP contribution in [0, 0.1) is 11.3 Å². The summed E-state index contributed by atoms with van der Waals surface area (Å²) >= 11 is 5.87. The summed E-state index contributed by atoms with van der Waals surface area (Å²) in [7, 11) is 1.59. The van der Waals surface area contributed by atoms with E-state index < -0.39 is 0 Å². The van der Waals surface area contributed by atoms with Gasteiger partial charge in [0.05, 0.1) is 6.61 Å². The normalized spacial score (nSPS) is 10.1. The van der Waals surface area contributed by atoms with Crippen LogP contribution in [0.25, 0.3) is 0 Å². The molecule has 0 radical (unpaired) electrons. The first kappa shape index (κ1) is 15.2. The molecule has 0 saturated heterocycles. The number of hydrogen-bond acceptors (Lipinski definition) is 6. The van der Waals surface area contributed by atoms with E-state index in [0.717, 1.165) is 0 Å². The highest BCUT2D eigenvalue weighted by Crippen LogP contribution is 2.20. The maximum Gasteiger partial charge on any atom is 0.236 e. The van der Waals surface area contributed by atoms with E-state index in [2.05, 4.69) is 10.3 Å². The van der Waals surface area contributed by atoms with Crippen LogP contribution in [-0.2, 0) is 11.3 Å². The Kier molecular flexibility index (Phi) is 5.43. The van der Waals surface area contributed by atoms with Gasteiger partial charge in [-0.05, 0) is 18.2 Å². The first-order valence-corrected chi connectivity index (χ1v) is 6.61. The molecule has 7 heteroatoms. The van der Waals surface area contributed by atoms with Crippen LogP contribution in [0.1, 0.15) is 11.6 Å². The van der Waals surface area contributed by atoms with Gasteiger partial charge in [-0.15, -0.1) is 0 Å². The lowest BCUT2D eigenvalue weighted by Crippen LogP contribution is -2.07. The van der Waals surface area contributed by atoms with Gasteiger partial charge in [0.1, 0.15) is 11.8 Å². The second kappa shape index (κ2) is 7.53. The molecule has 0 spiro atoms. The molecule has 0 unspecified atom stereocenters. The van der Waals surface area contributed by atoms with E-state index >= 15 is 0 Å². The molecule has 6 nitrogen and oxygen atoms in total. The van der Waals surface area contributed by atoms with Crippen LogP contribution in [0.2, 0.25) is 5.02 Å². The number of aromatic nitrogens is 1. The maximum absolute atomic E-state index is 9.01. The monoisotopic (exact) mass is 307 g/mol. The smallest absolute Gasteiger partial charge is 0.236 e. The minimum Gasteiger partial charge on any atom is -0.484 e. The fourth-order valence-corrected chi connectivity index (χ4v) is 1.77. The maximum atomic E-state index is 9.01. The van der Waals surface area contributed by atoms with E-state index in [4.69, 9.17) is 30.8 Å². The second-order valence-electron chi connectivity index (χ2n) is 4.06. The van der Waals surface area contributed by atoms with Crippen LogP contribution in [0.5, 0.6) is 5.75 Å². The summed E-state index contributed by atoms with van der Waals surface area (Å²) in [5.74, 6) is 1.23. The Bertz CT molecular complexity index is 637. The number of hydrogen-bond donors (Lipinski definition) is 1. The predicted molar refractivity (Wildman–Crippen MR) is 77.4 cm³/mol. The molecule has 21 heavy (non-hydrogen) atoms. The van der Waals surface area contributed by atoms with Crippen LogP contribution >= 0.6 is 11.6 Å². The average Bonchev–Trinajstić information content (AvgIpc) is 2.88. The van der Waals surface area contributed by atoms with Crippen molar-refractivity contribution >= 4 is 17.5 Å². The lowest BCUT2D eigenvalue weighted by molar-refractivity contribution is 0.210. The molecule has 2 rings (SSSR count). The molecule has 0 atom stereocenters. The van der Waals surface area contributed by atoms with E-state index in [9.17, 15) is 0 Å². The van der Waals surface area contributed by atoms with Gasteiger partial charge in [-0.25, -0.2) is 0 Å². The largest absolute Gasteiger partial charge is 0.484 e. The molecule has 0 bridgehead atoms. The number of benzene rings is 1. The lowest BCUT2D eigenvalue weighted by atomic mass is 10.3. The molecule has 2 aromatic rings. The van der Waals surface area contributed by atoms with Gasteiger partial charge >= 0.3 is 0 Å². The number of oxazole rings is 1. The Hall–Kier alpha value is -2.23. The molecular weight excluding hydrogens is 294 g/mol. The third kappa shape index (κ3) is 4.38. The summed E-state index contributed by atoms with van der Waals surface area (Å²) in [6, 6.07) is 8.97. The summed E-state index contributed by atoms with van der Waals surface area (Å²) < 4.78 is 15.9. The molecule has 0 amide bonds. The quantitative estimate of drug-likeness (QED) is 0.792. The zero-order valence-electron chi connectivity index (χ0n) is 11.4. The molecule has 1 heterocycles. The number of anilines is 1. The fraction of sp³-hybridized carbons (Fsp3) is 0.286. The highest BCUT2D eigenvalue weighted by molar-refractivity contribution is 6.30. The minimum atomic E-state index is 0.112. The van der Waals surface area contributed by atoms with Crippen LogP contribution in [-0.4, -0.2) is 25.2 Å². The van der Waals surface area contributed by atoms with Gasteiger partial charge in [0.15, 0.2) is 6.61 Å². The number of rotatable bonds is 7. The average molecular weight is 308 g/mol. The molecule has 0 aliphatic heterocycles. The molecule has 0 aliphatic rings. The second-order valence-corrected chi connectivity index (χ2v) is 4.50. The van der Waals surface area contributed by atoms with Crippen molar-refractivity contribution < 1.29 is 13.9 Å². The van der Waals surface area contributed by atoms with E-state index in [0.29, 0.717) is 35.7 Å². The van der Waals surface area contributed by atoms with Crippen molar-refractivity contribution in [3.8, 4) is 11.8 Å². The molecule has 0 saturated carbocycles. The van der Waals surface area contributed by atoms with Crippen molar-refractivity contribution in [1.82, 2.24) is 4.98 Å². The van der Waals surface area contributed by atoms with Gasteiger partial charge in [0, 0.05) is 18.7 Å². The van der Waals surface area contributed by atoms with Crippen molar-refractivity contribution in [1.29, 1.82) is 5.26 Å². The van der Waals surface area contributed by atoms with Gasteiger partial charge in [-0.1, -0.05) is 17.7 Å². The number of methoxy groups -OCH3 is 1. The summed E-state index contributed by atoms with van der Waals surface area (Å²) in [6.07, 6.45) is 0. The lowest BCUT2D eigenvalue weighted by Gasteiger charge is -2.03. The molecule has 0 aliphatic carbocycles. The first-order chi connectivity index (χ1) is 10.2. The van der Waals surface area contributed by atoms with E-state index in [1.165, 1.54) is 0 Å². The van der Waals surface area contributed by atoms with Gasteiger partial charge in [0.25, 0.3) is 0 Å². The molecule has 1 N–H and O–H groups in total. The Morgan fingerprint density at radius 1 is 1.48 bits per heavy atom. The predicted octanol–water partition coefficient (Wildman–Crippen LogP) is 2.84. The molecule has 1 aromatic carbocycles. The molecule has 110 valence electrons. The van der Waals surface area contributed by atoms with Gasteiger partial charge in [0.2, 0.25) is 17.5 Å². The Morgan fingerprint density at radius 2 is 2.33 bits per heavy atom. The van der Waals surface area contributed by atoms with E-state index in [-0.39, 0.29) is 12.3 Å².